The molecular weight excluding hydrogens is 204 g/mol. The van der Waals surface area contributed by atoms with Crippen molar-refractivity contribution in [3.8, 4) is 11.6 Å². The molecule has 84 valence electrons. The summed E-state index contributed by atoms with van der Waals surface area (Å²) in [6, 6.07) is 3.85. The molecule has 0 atom stereocenters. The van der Waals surface area contributed by atoms with Crippen LogP contribution < -0.4 is 5.32 Å². The van der Waals surface area contributed by atoms with Gasteiger partial charge in [-0.15, -0.1) is 0 Å². The predicted molar refractivity (Wildman–Crippen MR) is 59.6 cm³/mol. The van der Waals surface area contributed by atoms with Crippen LogP contribution in [0.25, 0.3) is 11.6 Å². The minimum Gasteiger partial charge on any atom is -0.332 e. The lowest BCUT2D eigenvalue weighted by Gasteiger charge is -1.96. The summed E-state index contributed by atoms with van der Waals surface area (Å²) in [5.74, 6) is 1.13. The molecule has 16 heavy (non-hydrogen) atoms. The van der Waals surface area contributed by atoms with Gasteiger partial charge in [-0.1, -0.05) is 18.1 Å². The molecule has 0 saturated heterocycles. The Morgan fingerprint density at radius 2 is 2.31 bits per heavy atom. The summed E-state index contributed by atoms with van der Waals surface area (Å²) >= 11 is 0. The fraction of sp³-hybridized carbons (Fsp3) is 0.364. The molecule has 5 heteroatoms. The van der Waals surface area contributed by atoms with Crippen LogP contribution in [0.5, 0.6) is 0 Å². The third-order valence-electron chi connectivity index (χ3n) is 2.21. The maximum absolute atomic E-state index is 5.16. The number of aryl methyl sites for hydroxylation is 1. The third kappa shape index (κ3) is 2.25. The van der Waals surface area contributed by atoms with Crippen molar-refractivity contribution >= 4 is 0 Å². The molecular formula is C11H14N4O. The van der Waals surface area contributed by atoms with Crippen LogP contribution in [0.15, 0.2) is 22.9 Å². The molecule has 1 N–H and O–H groups in total. The van der Waals surface area contributed by atoms with Crippen LogP contribution in [0.4, 0.5) is 0 Å². The highest BCUT2D eigenvalue weighted by molar-refractivity contribution is 5.51. The quantitative estimate of drug-likeness (QED) is 0.843. The standard InChI is InChI=1S/C11H14N4O/c1-3-12-7-9-14-11(16-15-9)10-8(2)5-4-6-13-10/h4-6,12H,3,7H2,1-2H3. The second-order valence-corrected chi connectivity index (χ2v) is 3.46. The second kappa shape index (κ2) is 4.85. The largest absolute Gasteiger partial charge is 0.332 e. The zero-order valence-electron chi connectivity index (χ0n) is 9.40. The van der Waals surface area contributed by atoms with Crippen molar-refractivity contribution in [2.24, 2.45) is 0 Å². The molecule has 2 rings (SSSR count). The van der Waals surface area contributed by atoms with Crippen LogP contribution in [-0.2, 0) is 6.54 Å². The first-order valence-electron chi connectivity index (χ1n) is 5.26. The van der Waals surface area contributed by atoms with E-state index in [1.807, 2.05) is 26.0 Å². The SMILES string of the molecule is CCNCc1noc(-c2ncccc2C)n1. The molecule has 2 aromatic heterocycles. The molecule has 0 amide bonds. The fourth-order valence-corrected chi connectivity index (χ4v) is 1.37. The van der Waals surface area contributed by atoms with E-state index in [4.69, 9.17) is 4.52 Å². The summed E-state index contributed by atoms with van der Waals surface area (Å²) in [6.07, 6.45) is 1.72. The number of rotatable bonds is 4. The van der Waals surface area contributed by atoms with Gasteiger partial charge in [-0.05, 0) is 25.1 Å². The van der Waals surface area contributed by atoms with Gasteiger partial charge in [0.1, 0.15) is 5.69 Å². The van der Waals surface area contributed by atoms with Crippen LogP contribution in [0.2, 0.25) is 0 Å². The molecule has 2 aromatic rings. The van der Waals surface area contributed by atoms with E-state index in [0.717, 1.165) is 17.8 Å². The monoisotopic (exact) mass is 218 g/mol. The average Bonchev–Trinajstić information content (AvgIpc) is 2.75. The van der Waals surface area contributed by atoms with Crippen molar-refractivity contribution in [3.05, 3.63) is 29.7 Å². The molecule has 0 aliphatic heterocycles. The first kappa shape index (κ1) is 10.8. The minimum atomic E-state index is 0.478. The van der Waals surface area contributed by atoms with E-state index in [1.54, 1.807) is 6.20 Å². The first-order valence-corrected chi connectivity index (χ1v) is 5.26. The van der Waals surface area contributed by atoms with E-state index >= 15 is 0 Å². The molecule has 0 aliphatic rings. The molecule has 0 saturated carbocycles. The van der Waals surface area contributed by atoms with E-state index in [-0.39, 0.29) is 0 Å². The molecule has 0 radical (unpaired) electrons. The van der Waals surface area contributed by atoms with Gasteiger partial charge < -0.3 is 9.84 Å². The highest BCUT2D eigenvalue weighted by Gasteiger charge is 2.11. The Morgan fingerprint density at radius 3 is 3.06 bits per heavy atom. The molecule has 0 aliphatic carbocycles. The van der Waals surface area contributed by atoms with Crippen molar-refractivity contribution < 1.29 is 4.52 Å². The van der Waals surface area contributed by atoms with Gasteiger partial charge in [0.15, 0.2) is 5.82 Å². The van der Waals surface area contributed by atoms with Crippen LogP contribution >= 0.6 is 0 Å². The zero-order valence-corrected chi connectivity index (χ0v) is 9.40. The highest BCUT2D eigenvalue weighted by atomic mass is 16.5. The summed E-state index contributed by atoms with van der Waals surface area (Å²) in [5, 5.41) is 7.02. The highest BCUT2D eigenvalue weighted by Crippen LogP contribution is 2.17. The number of nitrogens with one attached hydrogen (secondary N) is 1. The topological polar surface area (TPSA) is 63.8 Å². The Kier molecular flexibility index (Phi) is 3.26. The van der Waals surface area contributed by atoms with Gasteiger partial charge >= 0.3 is 0 Å². The van der Waals surface area contributed by atoms with Crippen molar-refractivity contribution in [3.63, 3.8) is 0 Å². The first-order chi connectivity index (χ1) is 7.81. The van der Waals surface area contributed by atoms with E-state index < -0.39 is 0 Å². The normalized spacial score (nSPS) is 10.6. The summed E-state index contributed by atoms with van der Waals surface area (Å²) in [6.45, 7) is 5.50. The Labute approximate surface area is 93.9 Å². The molecule has 0 aromatic carbocycles. The maximum Gasteiger partial charge on any atom is 0.276 e. The summed E-state index contributed by atoms with van der Waals surface area (Å²) in [5.41, 5.74) is 1.78. The predicted octanol–water partition coefficient (Wildman–Crippen LogP) is 1.55. The minimum absolute atomic E-state index is 0.478. The van der Waals surface area contributed by atoms with Crippen LogP contribution in [0, 0.1) is 6.92 Å². The summed E-state index contributed by atoms with van der Waals surface area (Å²) in [7, 11) is 0. The van der Waals surface area contributed by atoms with Gasteiger partial charge in [0.05, 0.1) is 6.54 Å². The Morgan fingerprint density at radius 1 is 1.44 bits per heavy atom. The van der Waals surface area contributed by atoms with E-state index in [0.29, 0.717) is 18.3 Å². The van der Waals surface area contributed by atoms with Crippen LogP contribution in [0.1, 0.15) is 18.3 Å². The average molecular weight is 218 g/mol. The summed E-state index contributed by atoms with van der Waals surface area (Å²) < 4.78 is 5.16. The van der Waals surface area contributed by atoms with E-state index in [9.17, 15) is 0 Å². The lowest BCUT2D eigenvalue weighted by Crippen LogP contribution is -2.12. The number of pyridine rings is 1. The smallest absolute Gasteiger partial charge is 0.276 e. The molecule has 0 fully saturated rings. The van der Waals surface area contributed by atoms with Gasteiger partial charge in [0, 0.05) is 6.20 Å². The van der Waals surface area contributed by atoms with Crippen molar-refractivity contribution in [2.75, 3.05) is 6.54 Å². The van der Waals surface area contributed by atoms with Crippen LogP contribution in [-0.4, -0.2) is 21.7 Å². The molecule has 5 nitrogen and oxygen atoms in total. The van der Waals surface area contributed by atoms with E-state index in [2.05, 4.69) is 20.4 Å². The molecule has 0 unspecified atom stereocenters. The molecule has 0 bridgehead atoms. The Balaban J connectivity index is 2.22. The van der Waals surface area contributed by atoms with E-state index in [1.165, 1.54) is 0 Å². The third-order valence-corrected chi connectivity index (χ3v) is 2.21. The van der Waals surface area contributed by atoms with Crippen molar-refractivity contribution in [2.45, 2.75) is 20.4 Å². The Hall–Kier alpha value is -1.75. The number of aromatic nitrogens is 3. The molecule has 2 heterocycles. The lowest BCUT2D eigenvalue weighted by atomic mass is 10.2. The summed E-state index contributed by atoms with van der Waals surface area (Å²) in [4.78, 5) is 8.50. The second-order valence-electron chi connectivity index (χ2n) is 3.46. The number of nitrogens with zero attached hydrogens (tertiary/aromatic N) is 3. The number of hydrogen-bond acceptors (Lipinski definition) is 5. The van der Waals surface area contributed by atoms with Gasteiger partial charge in [0.25, 0.3) is 5.89 Å². The van der Waals surface area contributed by atoms with Crippen molar-refractivity contribution in [1.29, 1.82) is 0 Å². The van der Waals surface area contributed by atoms with Gasteiger partial charge in [-0.3, -0.25) is 4.98 Å². The van der Waals surface area contributed by atoms with Gasteiger partial charge in [0.2, 0.25) is 0 Å². The van der Waals surface area contributed by atoms with Gasteiger partial charge in [-0.25, -0.2) is 0 Å². The zero-order chi connectivity index (χ0) is 11.4. The van der Waals surface area contributed by atoms with Crippen LogP contribution in [0.3, 0.4) is 0 Å². The number of hydrogen-bond donors (Lipinski definition) is 1. The molecule has 0 spiro atoms. The fourth-order valence-electron chi connectivity index (χ4n) is 1.37. The van der Waals surface area contributed by atoms with Crippen molar-refractivity contribution in [1.82, 2.24) is 20.4 Å². The lowest BCUT2D eigenvalue weighted by molar-refractivity contribution is 0.418. The Bertz CT molecular complexity index is 467. The maximum atomic E-state index is 5.16. The van der Waals surface area contributed by atoms with Gasteiger partial charge in [-0.2, -0.15) is 4.98 Å².